The summed E-state index contributed by atoms with van der Waals surface area (Å²) in [6, 6.07) is 21.5. The van der Waals surface area contributed by atoms with E-state index in [0.29, 0.717) is 28.4 Å². The third-order valence-electron chi connectivity index (χ3n) is 6.50. The van der Waals surface area contributed by atoms with Crippen LogP contribution in [0.4, 0.5) is 0 Å². The Hall–Kier alpha value is -3.91. The van der Waals surface area contributed by atoms with Crippen LogP contribution in [-0.2, 0) is 11.3 Å². The number of carbonyl (C=O) groups is 1. The van der Waals surface area contributed by atoms with Crippen LogP contribution in [-0.4, -0.2) is 42.8 Å². The molecule has 0 atom stereocenters. The zero-order valence-corrected chi connectivity index (χ0v) is 21.5. The van der Waals surface area contributed by atoms with Crippen LogP contribution in [0.3, 0.4) is 0 Å². The van der Waals surface area contributed by atoms with E-state index in [2.05, 4.69) is 10.2 Å². The normalized spacial score (nSPS) is 11.3. The lowest BCUT2D eigenvalue weighted by atomic mass is 10.1. The van der Waals surface area contributed by atoms with Gasteiger partial charge in [0.25, 0.3) is 5.56 Å². The molecular weight excluding hydrogens is 470 g/mol. The maximum atomic E-state index is 13.6. The van der Waals surface area contributed by atoms with Gasteiger partial charge in [0.15, 0.2) is 5.16 Å². The van der Waals surface area contributed by atoms with Gasteiger partial charge < -0.3 is 4.90 Å². The highest BCUT2D eigenvalue weighted by Gasteiger charge is 2.20. The molecule has 2 heterocycles. The van der Waals surface area contributed by atoms with Gasteiger partial charge in [-0.3, -0.25) is 14.0 Å². The van der Waals surface area contributed by atoms with Crippen LogP contribution in [0.2, 0.25) is 0 Å². The summed E-state index contributed by atoms with van der Waals surface area (Å²) in [6.45, 7) is 6.60. The molecule has 2 aromatic heterocycles. The molecular formula is C28H27N5O2S. The Morgan fingerprint density at radius 2 is 1.69 bits per heavy atom. The molecule has 0 aliphatic heterocycles. The first-order valence-electron chi connectivity index (χ1n) is 11.7. The molecule has 0 saturated heterocycles. The molecule has 36 heavy (non-hydrogen) atoms. The highest BCUT2D eigenvalue weighted by molar-refractivity contribution is 7.99. The minimum atomic E-state index is -0.148. The van der Waals surface area contributed by atoms with Gasteiger partial charge in [-0.1, -0.05) is 65.9 Å². The van der Waals surface area contributed by atoms with Gasteiger partial charge in [-0.15, -0.1) is 10.2 Å². The molecule has 0 N–H and O–H groups in total. The molecule has 0 unspecified atom stereocenters. The van der Waals surface area contributed by atoms with Gasteiger partial charge >= 0.3 is 0 Å². The minimum Gasteiger partial charge on any atom is -0.341 e. The Morgan fingerprint density at radius 3 is 2.47 bits per heavy atom. The maximum Gasteiger partial charge on any atom is 0.267 e. The number of amides is 1. The molecule has 3 aromatic carbocycles. The number of benzene rings is 3. The van der Waals surface area contributed by atoms with Crippen molar-refractivity contribution in [2.75, 3.05) is 12.8 Å². The lowest BCUT2D eigenvalue weighted by molar-refractivity contribution is -0.127. The standard InChI is InChI=1S/C28H27N5O2S/c1-18-12-14-21(15-13-18)16-31(4)25(34)17-36-28-30-29-27-32(23-11-7-8-19(2)20(23)3)26(35)22-9-5-6-10-24(22)33(27)28/h5-15H,16-17H2,1-4H3. The van der Waals surface area contributed by atoms with Crippen LogP contribution in [0.1, 0.15) is 22.3 Å². The van der Waals surface area contributed by atoms with Crippen LogP contribution in [0.25, 0.3) is 22.4 Å². The van der Waals surface area contributed by atoms with Crippen molar-refractivity contribution in [3.63, 3.8) is 0 Å². The van der Waals surface area contributed by atoms with Crippen LogP contribution >= 0.6 is 11.8 Å². The lowest BCUT2D eigenvalue weighted by Gasteiger charge is -2.17. The zero-order valence-electron chi connectivity index (χ0n) is 20.7. The Bertz CT molecular complexity index is 1650. The Morgan fingerprint density at radius 1 is 0.944 bits per heavy atom. The summed E-state index contributed by atoms with van der Waals surface area (Å²) >= 11 is 1.32. The number of para-hydroxylation sites is 1. The van der Waals surface area contributed by atoms with Gasteiger partial charge in [-0.05, 0) is 55.7 Å². The van der Waals surface area contributed by atoms with Gasteiger partial charge in [0.1, 0.15) is 0 Å². The predicted octanol–water partition coefficient (Wildman–Crippen LogP) is 4.71. The number of nitrogens with zero attached hydrogens (tertiary/aromatic N) is 5. The summed E-state index contributed by atoms with van der Waals surface area (Å²) in [4.78, 5) is 28.2. The van der Waals surface area contributed by atoms with E-state index in [1.54, 1.807) is 16.5 Å². The highest BCUT2D eigenvalue weighted by atomic mass is 32.2. The van der Waals surface area contributed by atoms with Gasteiger partial charge in [-0.2, -0.15) is 0 Å². The summed E-state index contributed by atoms with van der Waals surface area (Å²) in [6.07, 6.45) is 0. The van der Waals surface area contributed by atoms with E-state index in [0.717, 1.165) is 22.4 Å². The second-order valence-corrected chi connectivity index (χ2v) is 9.96. The van der Waals surface area contributed by atoms with E-state index >= 15 is 0 Å². The first kappa shape index (κ1) is 23.8. The molecule has 0 fully saturated rings. The first-order valence-corrected chi connectivity index (χ1v) is 12.7. The molecule has 7 nitrogen and oxygen atoms in total. The number of aryl methyl sites for hydroxylation is 2. The molecule has 0 spiro atoms. The first-order chi connectivity index (χ1) is 17.3. The van der Waals surface area contributed by atoms with E-state index in [4.69, 9.17) is 0 Å². The molecule has 0 aliphatic carbocycles. The monoisotopic (exact) mass is 497 g/mol. The van der Waals surface area contributed by atoms with Crippen LogP contribution < -0.4 is 5.56 Å². The van der Waals surface area contributed by atoms with E-state index in [-0.39, 0.29) is 17.2 Å². The number of carbonyl (C=O) groups excluding carboxylic acids is 1. The third-order valence-corrected chi connectivity index (χ3v) is 7.42. The third kappa shape index (κ3) is 4.28. The van der Waals surface area contributed by atoms with E-state index < -0.39 is 0 Å². The van der Waals surface area contributed by atoms with E-state index in [9.17, 15) is 9.59 Å². The summed E-state index contributed by atoms with van der Waals surface area (Å²) < 4.78 is 3.49. The largest absolute Gasteiger partial charge is 0.341 e. The van der Waals surface area contributed by atoms with E-state index in [1.807, 2.05) is 91.9 Å². The van der Waals surface area contributed by atoms with Crippen LogP contribution in [0, 0.1) is 20.8 Å². The second-order valence-electron chi connectivity index (χ2n) is 9.02. The second kappa shape index (κ2) is 9.62. The molecule has 0 radical (unpaired) electrons. The molecule has 8 heteroatoms. The average molecular weight is 498 g/mol. The topological polar surface area (TPSA) is 72.5 Å². The Labute approximate surface area is 213 Å². The van der Waals surface area contributed by atoms with Crippen molar-refractivity contribution in [3.05, 3.63) is 99.3 Å². The quantitative estimate of drug-likeness (QED) is 0.318. The summed E-state index contributed by atoms with van der Waals surface area (Å²) in [5.74, 6) is 0.625. The number of hydrogen-bond acceptors (Lipinski definition) is 5. The van der Waals surface area contributed by atoms with Gasteiger partial charge in [0.2, 0.25) is 11.7 Å². The molecule has 1 amide bonds. The fourth-order valence-electron chi connectivity index (χ4n) is 4.26. The van der Waals surface area contributed by atoms with Gasteiger partial charge in [0, 0.05) is 13.6 Å². The van der Waals surface area contributed by atoms with Gasteiger partial charge in [0.05, 0.1) is 22.3 Å². The van der Waals surface area contributed by atoms with Crippen LogP contribution in [0.5, 0.6) is 0 Å². The lowest BCUT2D eigenvalue weighted by Crippen LogP contribution is -2.28. The van der Waals surface area contributed by atoms with Crippen molar-refractivity contribution in [3.8, 4) is 5.69 Å². The Balaban J connectivity index is 1.52. The number of hydrogen-bond donors (Lipinski definition) is 0. The number of thioether (sulfide) groups is 1. The minimum absolute atomic E-state index is 0.00974. The van der Waals surface area contributed by atoms with Crippen LogP contribution in [0.15, 0.2) is 76.7 Å². The zero-order chi connectivity index (χ0) is 25.4. The molecule has 0 aliphatic rings. The van der Waals surface area contributed by atoms with Crippen molar-refractivity contribution in [1.29, 1.82) is 0 Å². The summed E-state index contributed by atoms with van der Waals surface area (Å²) in [5.41, 5.74) is 5.70. The Kier molecular flexibility index (Phi) is 6.36. The molecule has 5 rings (SSSR count). The number of rotatable bonds is 6. The molecule has 0 saturated carbocycles. The van der Waals surface area contributed by atoms with Crippen molar-refractivity contribution >= 4 is 34.3 Å². The SMILES string of the molecule is Cc1ccc(CN(C)C(=O)CSc2nnc3n(-c4cccc(C)c4C)c(=O)c4ccccc4n23)cc1. The van der Waals surface area contributed by atoms with Crippen molar-refractivity contribution < 1.29 is 4.79 Å². The predicted molar refractivity (Wildman–Crippen MR) is 144 cm³/mol. The fraction of sp³-hybridized carbons (Fsp3) is 0.214. The number of fused-ring (bicyclic) bond motifs is 3. The highest BCUT2D eigenvalue weighted by Crippen LogP contribution is 2.25. The van der Waals surface area contributed by atoms with E-state index in [1.165, 1.54) is 17.3 Å². The smallest absolute Gasteiger partial charge is 0.267 e. The van der Waals surface area contributed by atoms with Crippen molar-refractivity contribution in [2.24, 2.45) is 0 Å². The van der Waals surface area contributed by atoms with Gasteiger partial charge in [-0.25, -0.2) is 4.57 Å². The van der Waals surface area contributed by atoms with Crippen molar-refractivity contribution in [1.82, 2.24) is 24.1 Å². The average Bonchev–Trinajstić information content (AvgIpc) is 3.30. The summed E-state index contributed by atoms with van der Waals surface area (Å²) in [5, 5.41) is 9.93. The molecule has 5 aromatic rings. The molecule has 182 valence electrons. The number of aromatic nitrogens is 4. The fourth-order valence-corrected chi connectivity index (χ4v) is 5.14. The summed E-state index contributed by atoms with van der Waals surface area (Å²) in [7, 11) is 1.80. The maximum absolute atomic E-state index is 13.6. The molecule has 0 bridgehead atoms. The van der Waals surface area contributed by atoms with Crippen molar-refractivity contribution in [2.45, 2.75) is 32.5 Å².